The number of hydrogen-bond acceptors (Lipinski definition) is 4. The lowest BCUT2D eigenvalue weighted by Crippen LogP contribution is -2.47. The number of hydrogen-bond donors (Lipinski definition) is 1. The van der Waals surface area contributed by atoms with Crippen LogP contribution >= 0.6 is 0 Å². The molecule has 3 aliphatic rings. The van der Waals surface area contributed by atoms with Gasteiger partial charge in [-0.15, -0.1) is 0 Å². The second kappa shape index (κ2) is 6.63. The molecule has 0 bridgehead atoms. The zero-order valence-electron chi connectivity index (χ0n) is 13.2. The average molecular weight is 295 g/mol. The van der Waals surface area contributed by atoms with Crippen LogP contribution in [0.2, 0.25) is 0 Å². The van der Waals surface area contributed by atoms with Crippen molar-refractivity contribution < 1.29 is 9.53 Å². The molecule has 0 aromatic carbocycles. The summed E-state index contributed by atoms with van der Waals surface area (Å²) in [6, 6.07) is 0.734. The summed E-state index contributed by atoms with van der Waals surface area (Å²) in [5.41, 5.74) is 6.04. The van der Waals surface area contributed by atoms with Crippen LogP contribution in [0, 0.1) is 11.8 Å². The Bertz CT molecular complexity index is 371. The molecule has 2 N–H and O–H groups in total. The van der Waals surface area contributed by atoms with E-state index in [-0.39, 0.29) is 12.0 Å². The Morgan fingerprint density at radius 2 is 1.95 bits per heavy atom. The van der Waals surface area contributed by atoms with Crippen LogP contribution < -0.4 is 5.73 Å². The molecule has 2 saturated heterocycles. The summed E-state index contributed by atoms with van der Waals surface area (Å²) in [7, 11) is 0. The molecule has 120 valence electrons. The second-order valence-electron chi connectivity index (χ2n) is 7.06. The molecule has 2 aliphatic heterocycles. The number of rotatable bonds is 2. The van der Waals surface area contributed by atoms with Crippen molar-refractivity contribution >= 4 is 5.91 Å². The van der Waals surface area contributed by atoms with Gasteiger partial charge in [-0.1, -0.05) is 13.3 Å². The first-order chi connectivity index (χ1) is 10.1. The number of nitrogens with two attached hydrogens (primary N) is 1. The third-order valence-corrected chi connectivity index (χ3v) is 5.46. The molecule has 5 heteroatoms. The molecule has 0 aromatic rings. The van der Waals surface area contributed by atoms with Crippen LogP contribution in [0.1, 0.15) is 32.6 Å². The number of carbonyl (C=O) groups excluding carboxylic acids is 1. The lowest BCUT2D eigenvalue weighted by Gasteiger charge is -2.34. The molecular formula is C16H29N3O2. The van der Waals surface area contributed by atoms with Crippen molar-refractivity contribution in [3.05, 3.63) is 0 Å². The highest BCUT2D eigenvalue weighted by Crippen LogP contribution is 2.29. The maximum atomic E-state index is 12.7. The Morgan fingerprint density at radius 1 is 1.19 bits per heavy atom. The Kier molecular flexibility index (Phi) is 4.82. The van der Waals surface area contributed by atoms with E-state index >= 15 is 0 Å². The molecule has 0 aromatic heterocycles. The van der Waals surface area contributed by atoms with Gasteiger partial charge in [-0.25, -0.2) is 0 Å². The molecule has 1 amide bonds. The van der Waals surface area contributed by atoms with Gasteiger partial charge in [0.15, 0.2) is 0 Å². The minimum atomic E-state index is 0.171. The largest absolute Gasteiger partial charge is 0.379 e. The van der Waals surface area contributed by atoms with E-state index in [1.165, 1.54) is 0 Å². The fourth-order valence-corrected chi connectivity index (χ4v) is 4.22. The van der Waals surface area contributed by atoms with Crippen molar-refractivity contribution in [2.45, 2.75) is 44.7 Å². The summed E-state index contributed by atoms with van der Waals surface area (Å²) in [4.78, 5) is 17.4. The molecule has 1 aliphatic carbocycles. The smallest absolute Gasteiger partial charge is 0.225 e. The van der Waals surface area contributed by atoms with Crippen LogP contribution in [0.25, 0.3) is 0 Å². The number of carbonyl (C=O) groups is 1. The van der Waals surface area contributed by atoms with Gasteiger partial charge in [-0.3, -0.25) is 9.69 Å². The quantitative estimate of drug-likeness (QED) is 0.814. The van der Waals surface area contributed by atoms with Crippen molar-refractivity contribution in [3.8, 4) is 0 Å². The van der Waals surface area contributed by atoms with Crippen LogP contribution in [0.5, 0.6) is 0 Å². The van der Waals surface area contributed by atoms with Crippen LogP contribution in [-0.2, 0) is 9.53 Å². The third-order valence-electron chi connectivity index (χ3n) is 5.46. The van der Waals surface area contributed by atoms with Gasteiger partial charge in [-0.05, 0) is 25.2 Å². The van der Waals surface area contributed by atoms with Gasteiger partial charge >= 0.3 is 0 Å². The molecule has 3 fully saturated rings. The lowest BCUT2D eigenvalue weighted by atomic mass is 9.85. The zero-order valence-corrected chi connectivity index (χ0v) is 13.2. The molecular weight excluding hydrogens is 266 g/mol. The first-order valence-corrected chi connectivity index (χ1v) is 8.51. The highest BCUT2D eigenvalue weighted by molar-refractivity contribution is 5.79. The Labute approximate surface area is 127 Å². The molecule has 5 nitrogen and oxygen atoms in total. The molecule has 1 saturated carbocycles. The molecule has 21 heavy (non-hydrogen) atoms. The van der Waals surface area contributed by atoms with E-state index in [9.17, 15) is 4.79 Å². The van der Waals surface area contributed by atoms with Gasteiger partial charge in [0.05, 0.1) is 13.2 Å². The minimum Gasteiger partial charge on any atom is -0.379 e. The highest BCUT2D eigenvalue weighted by atomic mass is 16.5. The Balaban J connectivity index is 1.58. The lowest BCUT2D eigenvalue weighted by molar-refractivity contribution is -0.136. The summed E-state index contributed by atoms with van der Waals surface area (Å²) in [6.07, 6.45) is 4.09. The van der Waals surface area contributed by atoms with E-state index in [0.29, 0.717) is 17.9 Å². The SMILES string of the molecule is CC1CN(C(=O)C2CCCC(N)C2)CC1N1CCOCC1. The standard InChI is InChI=1S/C16H29N3O2/c1-12-10-19(11-15(12)18-5-7-21-8-6-18)16(20)13-3-2-4-14(17)9-13/h12-15H,2-11,17H2,1H3. The van der Waals surface area contributed by atoms with E-state index < -0.39 is 0 Å². The third kappa shape index (κ3) is 3.41. The molecule has 4 atom stereocenters. The first kappa shape index (κ1) is 15.3. The van der Waals surface area contributed by atoms with Crippen molar-refractivity contribution in [2.24, 2.45) is 17.6 Å². The van der Waals surface area contributed by atoms with Crippen molar-refractivity contribution in [2.75, 3.05) is 39.4 Å². The van der Waals surface area contributed by atoms with Gasteiger partial charge < -0.3 is 15.4 Å². The average Bonchev–Trinajstić information content (AvgIpc) is 2.89. The van der Waals surface area contributed by atoms with Crippen LogP contribution in [0.4, 0.5) is 0 Å². The van der Waals surface area contributed by atoms with Crippen LogP contribution in [0.15, 0.2) is 0 Å². The number of likely N-dealkylation sites (tertiary alicyclic amines) is 1. The van der Waals surface area contributed by atoms with Crippen LogP contribution in [0.3, 0.4) is 0 Å². The predicted octanol–water partition coefficient (Wildman–Crippen LogP) is 0.683. The number of amides is 1. The molecule has 4 unspecified atom stereocenters. The normalized spacial score (nSPS) is 38.7. The van der Waals surface area contributed by atoms with Gasteiger partial charge in [-0.2, -0.15) is 0 Å². The topological polar surface area (TPSA) is 58.8 Å². The number of morpholine rings is 1. The second-order valence-corrected chi connectivity index (χ2v) is 7.06. The molecule has 0 radical (unpaired) electrons. The maximum Gasteiger partial charge on any atom is 0.225 e. The Morgan fingerprint density at radius 3 is 2.67 bits per heavy atom. The van der Waals surface area contributed by atoms with Gasteiger partial charge in [0.1, 0.15) is 0 Å². The van der Waals surface area contributed by atoms with E-state index in [4.69, 9.17) is 10.5 Å². The van der Waals surface area contributed by atoms with Crippen molar-refractivity contribution in [1.29, 1.82) is 0 Å². The zero-order chi connectivity index (χ0) is 14.8. The summed E-state index contributed by atoms with van der Waals surface area (Å²) < 4.78 is 5.44. The molecule has 0 spiro atoms. The maximum absolute atomic E-state index is 12.7. The van der Waals surface area contributed by atoms with Gasteiger partial charge in [0.25, 0.3) is 0 Å². The summed E-state index contributed by atoms with van der Waals surface area (Å²) >= 11 is 0. The molecule has 3 rings (SSSR count). The summed E-state index contributed by atoms with van der Waals surface area (Å²) in [5.74, 6) is 1.08. The van der Waals surface area contributed by atoms with E-state index in [1.54, 1.807) is 0 Å². The van der Waals surface area contributed by atoms with Crippen molar-refractivity contribution in [3.63, 3.8) is 0 Å². The van der Waals surface area contributed by atoms with E-state index in [0.717, 1.165) is 65.1 Å². The van der Waals surface area contributed by atoms with E-state index in [1.807, 2.05) is 0 Å². The Hall–Kier alpha value is -0.650. The fourth-order valence-electron chi connectivity index (χ4n) is 4.22. The summed E-state index contributed by atoms with van der Waals surface area (Å²) in [5, 5.41) is 0. The molecule has 2 heterocycles. The van der Waals surface area contributed by atoms with E-state index in [2.05, 4.69) is 16.7 Å². The minimum absolute atomic E-state index is 0.171. The van der Waals surface area contributed by atoms with Gasteiger partial charge in [0, 0.05) is 44.2 Å². The van der Waals surface area contributed by atoms with Crippen LogP contribution in [-0.4, -0.2) is 67.2 Å². The van der Waals surface area contributed by atoms with Crippen molar-refractivity contribution in [1.82, 2.24) is 9.80 Å². The van der Waals surface area contributed by atoms with Gasteiger partial charge in [0.2, 0.25) is 5.91 Å². The highest BCUT2D eigenvalue weighted by Gasteiger charge is 2.39. The first-order valence-electron chi connectivity index (χ1n) is 8.51. The monoisotopic (exact) mass is 295 g/mol. The fraction of sp³-hybridized carbons (Fsp3) is 0.938. The number of ether oxygens (including phenoxy) is 1. The summed E-state index contributed by atoms with van der Waals surface area (Å²) in [6.45, 7) is 7.75. The number of nitrogens with zero attached hydrogens (tertiary/aromatic N) is 2. The predicted molar refractivity (Wildman–Crippen MR) is 81.9 cm³/mol.